The van der Waals surface area contributed by atoms with E-state index in [-0.39, 0.29) is 11.2 Å². The van der Waals surface area contributed by atoms with Crippen LogP contribution in [0.2, 0.25) is 0 Å². The summed E-state index contributed by atoms with van der Waals surface area (Å²) in [6, 6.07) is 8.00. The molecule has 1 atom stereocenters. The molecule has 0 spiro atoms. The van der Waals surface area contributed by atoms with E-state index in [1.54, 1.807) is 0 Å². The van der Waals surface area contributed by atoms with Crippen LogP contribution in [0.4, 0.5) is 10.8 Å². The van der Waals surface area contributed by atoms with Gasteiger partial charge in [0, 0.05) is 12.1 Å². The molecule has 0 bridgehead atoms. The number of cyclic esters (lactones) is 1. The maximum absolute atomic E-state index is 11.4. The summed E-state index contributed by atoms with van der Waals surface area (Å²) >= 11 is 2.87. The zero-order chi connectivity index (χ0) is 13.9. The van der Waals surface area contributed by atoms with Gasteiger partial charge in [-0.05, 0) is 18.6 Å². The average molecular weight is 307 g/mol. The Morgan fingerprint density at radius 1 is 1.40 bits per heavy atom. The summed E-state index contributed by atoms with van der Waals surface area (Å²) in [5.41, 5.74) is 2.16. The highest BCUT2D eigenvalue weighted by Crippen LogP contribution is 2.34. The van der Waals surface area contributed by atoms with Gasteiger partial charge in [0.15, 0.2) is 4.34 Å². The van der Waals surface area contributed by atoms with Crippen LogP contribution in [0.1, 0.15) is 12.0 Å². The molecule has 2 aromatic rings. The average Bonchev–Trinajstić information content (AvgIpc) is 3.03. The Balaban J connectivity index is 1.68. The second kappa shape index (κ2) is 5.80. The second-order valence-electron chi connectivity index (χ2n) is 4.38. The van der Waals surface area contributed by atoms with E-state index in [9.17, 15) is 4.79 Å². The summed E-state index contributed by atoms with van der Waals surface area (Å²) in [5, 5.41) is 12.0. The maximum atomic E-state index is 11.4. The Bertz CT molecular complexity index is 630. The van der Waals surface area contributed by atoms with Crippen LogP contribution >= 0.6 is 23.1 Å². The van der Waals surface area contributed by atoms with Crippen molar-refractivity contribution in [1.82, 2.24) is 10.2 Å². The van der Waals surface area contributed by atoms with Gasteiger partial charge >= 0.3 is 5.97 Å². The fourth-order valence-corrected chi connectivity index (χ4v) is 3.82. The van der Waals surface area contributed by atoms with Crippen LogP contribution in [-0.2, 0) is 9.53 Å². The molecule has 5 nitrogen and oxygen atoms in total. The number of benzene rings is 1. The van der Waals surface area contributed by atoms with Gasteiger partial charge in [0.1, 0.15) is 5.25 Å². The molecule has 1 saturated heterocycles. The van der Waals surface area contributed by atoms with Gasteiger partial charge in [-0.15, -0.1) is 10.2 Å². The van der Waals surface area contributed by atoms with E-state index in [4.69, 9.17) is 4.74 Å². The van der Waals surface area contributed by atoms with E-state index in [1.807, 2.05) is 31.2 Å². The molecule has 0 amide bonds. The molecule has 1 N–H and O–H groups in total. The number of hydrogen-bond acceptors (Lipinski definition) is 7. The second-order valence-corrected chi connectivity index (χ2v) is 6.80. The van der Waals surface area contributed by atoms with E-state index in [1.165, 1.54) is 23.1 Å². The van der Waals surface area contributed by atoms with Crippen molar-refractivity contribution in [2.24, 2.45) is 0 Å². The van der Waals surface area contributed by atoms with E-state index in [2.05, 4.69) is 15.5 Å². The standard InChI is InChI=1S/C13H13N3O2S2/c1-8-4-2-3-5-9(8)14-12-15-16-13(20-12)19-10-6-7-18-11(10)17/h2-5,10H,6-7H2,1H3,(H,14,15). The van der Waals surface area contributed by atoms with E-state index >= 15 is 0 Å². The number of rotatable bonds is 4. The number of nitrogens with one attached hydrogen (secondary N) is 1. The number of ether oxygens (including phenoxy) is 1. The number of esters is 1. The van der Waals surface area contributed by atoms with Gasteiger partial charge in [-0.25, -0.2) is 0 Å². The number of aryl methyl sites for hydroxylation is 1. The molecule has 0 saturated carbocycles. The zero-order valence-electron chi connectivity index (χ0n) is 10.8. The molecule has 0 radical (unpaired) electrons. The van der Waals surface area contributed by atoms with Crippen LogP contribution in [0.25, 0.3) is 0 Å². The first-order chi connectivity index (χ1) is 9.72. The van der Waals surface area contributed by atoms with Crippen LogP contribution in [0.15, 0.2) is 28.6 Å². The lowest BCUT2D eigenvalue weighted by Crippen LogP contribution is -2.08. The molecule has 7 heteroatoms. The Hall–Kier alpha value is -1.60. The molecular formula is C13H13N3O2S2. The summed E-state index contributed by atoms with van der Waals surface area (Å²) < 4.78 is 5.72. The van der Waals surface area contributed by atoms with Gasteiger partial charge in [-0.2, -0.15) is 0 Å². The van der Waals surface area contributed by atoms with Crippen LogP contribution in [-0.4, -0.2) is 28.0 Å². The molecule has 1 unspecified atom stereocenters. The largest absolute Gasteiger partial charge is 0.465 e. The number of hydrogen-bond donors (Lipinski definition) is 1. The lowest BCUT2D eigenvalue weighted by Gasteiger charge is -2.04. The van der Waals surface area contributed by atoms with Gasteiger partial charge in [0.2, 0.25) is 5.13 Å². The molecule has 104 valence electrons. The normalized spacial score (nSPS) is 18.1. The Morgan fingerprint density at radius 3 is 3.00 bits per heavy atom. The van der Waals surface area contributed by atoms with Crippen molar-refractivity contribution in [1.29, 1.82) is 0 Å². The zero-order valence-corrected chi connectivity index (χ0v) is 12.5. The summed E-state index contributed by atoms with van der Waals surface area (Å²) in [5.74, 6) is -0.154. The minimum atomic E-state index is -0.154. The number of carbonyl (C=O) groups excluding carboxylic acids is 1. The van der Waals surface area contributed by atoms with E-state index < -0.39 is 0 Å². The number of carbonyl (C=O) groups is 1. The molecule has 1 fully saturated rings. The van der Waals surface area contributed by atoms with Gasteiger partial charge in [-0.3, -0.25) is 4.79 Å². The smallest absolute Gasteiger partial charge is 0.319 e. The third-order valence-corrected chi connectivity index (χ3v) is 5.09. The summed E-state index contributed by atoms with van der Waals surface area (Å²) in [6.45, 7) is 2.54. The van der Waals surface area contributed by atoms with Crippen molar-refractivity contribution in [2.75, 3.05) is 11.9 Å². The topological polar surface area (TPSA) is 64.1 Å². The van der Waals surface area contributed by atoms with Crippen molar-refractivity contribution >= 4 is 39.9 Å². The SMILES string of the molecule is Cc1ccccc1Nc1nnc(SC2CCOC2=O)s1. The molecule has 0 aliphatic carbocycles. The third-order valence-electron chi connectivity index (χ3n) is 2.92. The van der Waals surface area contributed by atoms with Crippen LogP contribution < -0.4 is 5.32 Å². The lowest BCUT2D eigenvalue weighted by molar-refractivity contribution is -0.137. The number of nitrogens with zero attached hydrogens (tertiary/aromatic N) is 2. The first-order valence-corrected chi connectivity index (χ1v) is 7.91. The molecular weight excluding hydrogens is 294 g/mol. The van der Waals surface area contributed by atoms with Gasteiger partial charge < -0.3 is 10.1 Å². The van der Waals surface area contributed by atoms with Crippen LogP contribution in [0, 0.1) is 6.92 Å². The molecule has 1 aromatic carbocycles. The first-order valence-electron chi connectivity index (χ1n) is 6.22. The summed E-state index contributed by atoms with van der Waals surface area (Å²) in [4.78, 5) is 11.4. The lowest BCUT2D eigenvalue weighted by atomic mass is 10.2. The molecule has 1 aliphatic rings. The predicted molar refractivity (Wildman–Crippen MR) is 79.6 cm³/mol. The molecule has 3 rings (SSSR count). The Labute approximate surface area is 124 Å². The van der Waals surface area contributed by atoms with Crippen molar-refractivity contribution < 1.29 is 9.53 Å². The third kappa shape index (κ3) is 2.94. The molecule has 20 heavy (non-hydrogen) atoms. The van der Waals surface area contributed by atoms with Gasteiger partial charge in [0.25, 0.3) is 0 Å². The Morgan fingerprint density at radius 2 is 2.25 bits per heavy atom. The van der Waals surface area contributed by atoms with Gasteiger partial charge in [0.05, 0.1) is 6.61 Å². The summed E-state index contributed by atoms with van der Waals surface area (Å²) in [6.07, 6.45) is 0.740. The highest BCUT2D eigenvalue weighted by molar-refractivity contribution is 8.02. The first kappa shape index (κ1) is 13.4. The van der Waals surface area contributed by atoms with Crippen molar-refractivity contribution in [2.45, 2.75) is 22.9 Å². The van der Waals surface area contributed by atoms with Crippen molar-refractivity contribution in [3.05, 3.63) is 29.8 Å². The van der Waals surface area contributed by atoms with Crippen molar-refractivity contribution in [3.8, 4) is 0 Å². The van der Waals surface area contributed by atoms with Crippen molar-refractivity contribution in [3.63, 3.8) is 0 Å². The number of thioether (sulfide) groups is 1. The predicted octanol–water partition coefficient (Wildman–Crippen LogP) is 3.00. The number of anilines is 2. The van der Waals surface area contributed by atoms with E-state index in [0.29, 0.717) is 6.61 Å². The minimum absolute atomic E-state index is 0.144. The monoisotopic (exact) mass is 307 g/mol. The van der Waals surface area contributed by atoms with E-state index in [0.717, 1.165) is 27.1 Å². The highest BCUT2D eigenvalue weighted by Gasteiger charge is 2.28. The summed E-state index contributed by atoms with van der Waals surface area (Å²) in [7, 11) is 0. The fourth-order valence-electron chi connectivity index (χ4n) is 1.84. The van der Waals surface area contributed by atoms with Crippen LogP contribution in [0.5, 0.6) is 0 Å². The van der Waals surface area contributed by atoms with Gasteiger partial charge in [-0.1, -0.05) is 41.3 Å². The highest BCUT2D eigenvalue weighted by atomic mass is 32.2. The fraction of sp³-hybridized carbons (Fsp3) is 0.308. The number of para-hydroxylation sites is 1. The quantitative estimate of drug-likeness (QED) is 0.876. The molecule has 1 aliphatic heterocycles. The molecule has 1 aromatic heterocycles. The molecule has 2 heterocycles. The number of aromatic nitrogens is 2. The Kier molecular flexibility index (Phi) is 3.88. The maximum Gasteiger partial charge on any atom is 0.319 e. The van der Waals surface area contributed by atoms with Crippen LogP contribution in [0.3, 0.4) is 0 Å². The minimum Gasteiger partial charge on any atom is -0.465 e.